The lowest BCUT2D eigenvalue weighted by atomic mass is 9.77. The van der Waals surface area contributed by atoms with E-state index in [0.29, 0.717) is 18.2 Å². The number of aromatic nitrogens is 1. The lowest BCUT2D eigenvalue weighted by Gasteiger charge is -2.46. The molecule has 0 saturated carbocycles. The number of aryl methyl sites for hydroxylation is 1. The molecule has 0 amide bonds. The first-order valence-electron chi connectivity index (χ1n) is 12.6. The Labute approximate surface area is 198 Å². The van der Waals surface area contributed by atoms with Crippen LogP contribution in [0.2, 0.25) is 0 Å². The standard InChI is InChI=1S/C29H38N4/c1-28(2)16-19-11-7-9-13-22(19)31(5)24-15-21(30-17-28)26-27-25(29(3,4)18-33(24)26)20-12-8-10-14-23(20)32(27)6/h7-14,21,24,26,30H,15-18H2,1-6H3. The van der Waals surface area contributed by atoms with Crippen molar-refractivity contribution < 1.29 is 0 Å². The largest absolute Gasteiger partial charge is 0.359 e. The summed E-state index contributed by atoms with van der Waals surface area (Å²) in [7, 11) is 4.60. The molecule has 3 aliphatic rings. The van der Waals surface area contributed by atoms with Crippen LogP contribution in [0, 0.1) is 5.41 Å². The number of anilines is 1. The van der Waals surface area contributed by atoms with Gasteiger partial charge in [0, 0.05) is 60.9 Å². The molecule has 2 aromatic carbocycles. The smallest absolute Gasteiger partial charge is 0.0839 e. The van der Waals surface area contributed by atoms with Gasteiger partial charge in [-0.25, -0.2) is 0 Å². The zero-order chi connectivity index (χ0) is 23.1. The van der Waals surface area contributed by atoms with Crippen LogP contribution in [0.5, 0.6) is 0 Å². The highest BCUT2D eigenvalue weighted by atomic mass is 15.4. The first kappa shape index (κ1) is 21.2. The predicted molar refractivity (Wildman–Crippen MR) is 138 cm³/mol. The van der Waals surface area contributed by atoms with Gasteiger partial charge in [-0.1, -0.05) is 64.1 Å². The van der Waals surface area contributed by atoms with Crippen LogP contribution in [0.4, 0.5) is 5.69 Å². The Balaban J connectivity index is 1.55. The first-order valence-corrected chi connectivity index (χ1v) is 12.6. The molecule has 33 heavy (non-hydrogen) atoms. The van der Waals surface area contributed by atoms with E-state index in [-0.39, 0.29) is 10.8 Å². The Morgan fingerprint density at radius 2 is 1.67 bits per heavy atom. The monoisotopic (exact) mass is 442 g/mol. The molecule has 1 N–H and O–H groups in total. The zero-order valence-corrected chi connectivity index (χ0v) is 21.0. The summed E-state index contributed by atoms with van der Waals surface area (Å²) in [6.45, 7) is 11.8. The fourth-order valence-electron chi connectivity index (χ4n) is 7.19. The van der Waals surface area contributed by atoms with Gasteiger partial charge >= 0.3 is 0 Å². The number of nitrogens with zero attached hydrogens (tertiary/aromatic N) is 3. The molecule has 2 bridgehead atoms. The Hall–Kier alpha value is -2.30. The van der Waals surface area contributed by atoms with E-state index in [2.05, 4.69) is 110 Å². The van der Waals surface area contributed by atoms with E-state index in [1.807, 2.05) is 0 Å². The molecule has 1 saturated heterocycles. The van der Waals surface area contributed by atoms with Gasteiger partial charge in [-0.15, -0.1) is 0 Å². The lowest BCUT2D eigenvalue weighted by molar-refractivity contribution is 0.124. The van der Waals surface area contributed by atoms with Crippen molar-refractivity contribution in [1.82, 2.24) is 14.8 Å². The summed E-state index contributed by atoms with van der Waals surface area (Å²) in [6.07, 6.45) is 2.62. The number of para-hydroxylation sites is 2. The van der Waals surface area contributed by atoms with E-state index in [0.717, 1.165) is 25.9 Å². The molecule has 6 rings (SSSR count). The molecule has 174 valence electrons. The minimum Gasteiger partial charge on any atom is -0.359 e. The molecular weight excluding hydrogens is 404 g/mol. The molecule has 1 aromatic heterocycles. The molecule has 0 spiro atoms. The van der Waals surface area contributed by atoms with Crippen molar-refractivity contribution in [3.05, 3.63) is 65.4 Å². The van der Waals surface area contributed by atoms with Crippen LogP contribution in [0.3, 0.4) is 0 Å². The summed E-state index contributed by atoms with van der Waals surface area (Å²) in [4.78, 5) is 5.39. The highest BCUT2D eigenvalue weighted by Crippen LogP contribution is 2.51. The van der Waals surface area contributed by atoms with Gasteiger partial charge in [0.1, 0.15) is 0 Å². The fourth-order valence-corrected chi connectivity index (χ4v) is 7.19. The molecule has 4 nitrogen and oxygen atoms in total. The van der Waals surface area contributed by atoms with E-state index >= 15 is 0 Å². The van der Waals surface area contributed by atoms with Gasteiger partial charge in [0.25, 0.3) is 0 Å². The van der Waals surface area contributed by atoms with Crippen molar-refractivity contribution in [2.24, 2.45) is 12.5 Å². The third-order valence-corrected chi connectivity index (χ3v) is 8.60. The number of benzene rings is 2. The minimum absolute atomic E-state index is 0.0969. The second-order valence-electron chi connectivity index (χ2n) is 12.1. The molecule has 4 heteroatoms. The Bertz CT molecular complexity index is 1220. The molecule has 0 radical (unpaired) electrons. The van der Waals surface area contributed by atoms with Crippen LogP contribution in [0.15, 0.2) is 48.5 Å². The molecular formula is C29H38N4. The van der Waals surface area contributed by atoms with Crippen LogP contribution < -0.4 is 10.2 Å². The maximum absolute atomic E-state index is 4.08. The molecule has 0 aliphatic carbocycles. The van der Waals surface area contributed by atoms with Crippen molar-refractivity contribution in [2.75, 3.05) is 25.0 Å². The van der Waals surface area contributed by atoms with Crippen molar-refractivity contribution in [1.29, 1.82) is 0 Å². The average molecular weight is 443 g/mol. The van der Waals surface area contributed by atoms with Crippen molar-refractivity contribution in [3.63, 3.8) is 0 Å². The summed E-state index contributed by atoms with van der Waals surface area (Å²) < 4.78 is 2.50. The summed E-state index contributed by atoms with van der Waals surface area (Å²) in [6, 6.07) is 18.9. The highest BCUT2D eigenvalue weighted by molar-refractivity contribution is 5.87. The number of hydrogen-bond donors (Lipinski definition) is 1. The van der Waals surface area contributed by atoms with Gasteiger partial charge in [-0.05, 0) is 41.5 Å². The quantitative estimate of drug-likeness (QED) is 0.516. The number of nitrogens with one attached hydrogen (secondary N) is 1. The second kappa shape index (κ2) is 7.10. The summed E-state index contributed by atoms with van der Waals surface area (Å²) in [5.74, 6) is 0. The van der Waals surface area contributed by atoms with Crippen LogP contribution in [-0.4, -0.2) is 41.8 Å². The van der Waals surface area contributed by atoms with E-state index in [1.54, 1.807) is 5.56 Å². The first-order chi connectivity index (χ1) is 15.7. The van der Waals surface area contributed by atoms with E-state index in [4.69, 9.17) is 0 Å². The zero-order valence-electron chi connectivity index (χ0n) is 21.0. The van der Waals surface area contributed by atoms with Crippen molar-refractivity contribution in [2.45, 2.75) is 64.2 Å². The molecule has 4 heterocycles. The summed E-state index contributed by atoms with van der Waals surface area (Å²) in [5.41, 5.74) is 7.61. The fraction of sp³-hybridized carbons (Fsp3) is 0.517. The third-order valence-electron chi connectivity index (χ3n) is 8.60. The molecule has 3 aromatic rings. The number of hydrogen-bond acceptors (Lipinski definition) is 3. The maximum atomic E-state index is 4.08. The molecule has 3 aliphatic heterocycles. The van der Waals surface area contributed by atoms with Crippen LogP contribution >= 0.6 is 0 Å². The highest BCUT2D eigenvalue weighted by Gasteiger charge is 2.52. The summed E-state index contributed by atoms with van der Waals surface area (Å²) >= 11 is 0. The third kappa shape index (κ3) is 3.10. The Morgan fingerprint density at radius 3 is 2.48 bits per heavy atom. The molecule has 3 unspecified atom stereocenters. The van der Waals surface area contributed by atoms with Gasteiger partial charge in [0.15, 0.2) is 0 Å². The van der Waals surface area contributed by atoms with Crippen molar-refractivity contribution in [3.8, 4) is 0 Å². The van der Waals surface area contributed by atoms with Crippen LogP contribution in [-0.2, 0) is 18.9 Å². The normalized spacial score (nSPS) is 28.3. The second-order valence-corrected chi connectivity index (χ2v) is 12.1. The Morgan fingerprint density at radius 1 is 0.939 bits per heavy atom. The van der Waals surface area contributed by atoms with Gasteiger partial charge in [-0.2, -0.15) is 0 Å². The van der Waals surface area contributed by atoms with Gasteiger partial charge < -0.3 is 14.8 Å². The topological polar surface area (TPSA) is 23.4 Å². The molecule has 3 atom stereocenters. The average Bonchev–Trinajstić information content (AvgIpc) is 3.27. The summed E-state index contributed by atoms with van der Waals surface area (Å²) in [5, 5.41) is 5.52. The van der Waals surface area contributed by atoms with Crippen molar-refractivity contribution >= 4 is 16.6 Å². The predicted octanol–water partition coefficient (Wildman–Crippen LogP) is 5.22. The van der Waals surface area contributed by atoms with E-state index in [9.17, 15) is 0 Å². The molecule has 1 fully saturated rings. The Kier molecular flexibility index (Phi) is 4.57. The number of rotatable bonds is 0. The maximum Gasteiger partial charge on any atom is 0.0839 e. The van der Waals surface area contributed by atoms with E-state index in [1.165, 1.54) is 27.8 Å². The van der Waals surface area contributed by atoms with Crippen LogP contribution in [0.1, 0.15) is 57.0 Å². The SMILES string of the molecule is CN1c2ccccc2CC(C)(C)CNC2CC1N1CC(C)(C)c3c(n(C)c4ccccc34)C21. The van der Waals surface area contributed by atoms with Gasteiger partial charge in [0.05, 0.1) is 12.2 Å². The lowest BCUT2D eigenvalue weighted by Crippen LogP contribution is -2.52. The van der Waals surface area contributed by atoms with Crippen LogP contribution in [0.25, 0.3) is 10.9 Å². The van der Waals surface area contributed by atoms with E-state index < -0.39 is 0 Å². The number of fused-ring (bicyclic) bond motifs is 10. The van der Waals surface area contributed by atoms with Gasteiger partial charge in [0.2, 0.25) is 0 Å². The minimum atomic E-state index is 0.0969. The van der Waals surface area contributed by atoms with Gasteiger partial charge in [-0.3, -0.25) is 4.90 Å².